The average Bonchev–Trinajstić information content (AvgIpc) is 3.16. The number of nitrogens with one attached hydrogen (secondary N) is 1. The molecule has 1 aliphatic heterocycles. The number of aliphatic hydroxyl groups is 1. The highest BCUT2D eigenvalue weighted by atomic mass is 35.5. The molecular weight excluding hydrogens is 307 g/mol. The van der Waals surface area contributed by atoms with Crippen molar-refractivity contribution in [2.45, 2.75) is 25.6 Å². The van der Waals surface area contributed by atoms with Gasteiger partial charge in [0.25, 0.3) is 0 Å². The minimum atomic E-state index is -0.386. The highest BCUT2D eigenvalue weighted by Crippen LogP contribution is 2.25. The molecule has 3 rings (SSSR count). The molecule has 0 amide bonds. The summed E-state index contributed by atoms with van der Waals surface area (Å²) in [6, 6.07) is 8.86. The normalized spacial score (nSPS) is 18.1. The summed E-state index contributed by atoms with van der Waals surface area (Å²) in [6.45, 7) is 2.22. The van der Waals surface area contributed by atoms with Crippen molar-refractivity contribution in [3.8, 4) is 0 Å². The molecule has 0 saturated carbocycles. The number of benzene rings is 1. The number of rotatable bonds is 5. The minimum absolute atomic E-state index is 0.0840. The number of nitrogens with zero attached hydrogens (tertiary/aromatic N) is 1. The van der Waals surface area contributed by atoms with Crippen molar-refractivity contribution < 1.29 is 13.9 Å². The highest BCUT2D eigenvalue weighted by molar-refractivity contribution is 6.30. The average molecular weight is 325 g/mol. The van der Waals surface area contributed by atoms with Crippen LogP contribution in [-0.4, -0.2) is 24.2 Å². The lowest BCUT2D eigenvalue weighted by Gasteiger charge is -2.19. The van der Waals surface area contributed by atoms with Crippen molar-refractivity contribution in [1.82, 2.24) is 5.32 Å². The number of hydrogen-bond donors (Lipinski definition) is 2. The predicted molar refractivity (Wildman–Crippen MR) is 83.5 cm³/mol. The van der Waals surface area contributed by atoms with Gasteiger partial charge in [-0.25, -0.2) is 4.39 Å². The largest absolute Gasteiger partial charge is 0.462 e. The van der Waals surface area contributed by atoms with Crippen LogP contribution in [0.25, 0.3) is 0 Å². The zero-order valence-electron chi connectivity index (χ0n) is 12.1. The van der Waals surface area contributed by atoms with Gasteiger partial charge in [0.05, 0.1) is 11.6 Å². The molecule has 0 spiro atoms. The van der Waals surface area contributed by atoms with Gasteiger partial charge in [-0.05, 0) is 36.8 Å². The second-order valence-electron chi connectivity index (χ2n) is 5.44. The first-order chi connectivity index (χ1) is 10.7. The maximum Gasteiger partial charge on any atom is 0.143 e. The van der Waals surface area contributed by atoms with Crippen molar-refractivity contribution in [2.24, 2.45) is 0 Å². The predicted octanol–water partition coefficient (Wildman–Crippen LogP) is 2.93. The number of aliphatic hydroxyl groups excluding tert-OH is 1. The lowest BCUT2D eigenvalue weighted by atomic mass is 10.2. The lowest BCUT2D eigenvalue weighted by molar-refractivity contribution is 0.242. The number of furan rings is 1. The molecule has 2 N–H and O–H groups in total. The van der Waals surface area contributed by atoms with Gasteiger partial charge in [0.2, 0.25) is 0 Å². The Kier molecular flexibility index (Phi) is 4.66. The maximum atomic E-state index is 13.5. The van der Waals surface area contributed by atoms with E-state index in [0.717, 1.165) is 31.0 Å². The third-order valence-electron chi connectivity index (χ3n) is 3.89. The fourth-order valence-corrected chi connectivity index (χ4v) is 2.81. The number of anilines is 1. The lowest BCUT2D eigenvalue weighted by Crippen LogP contribution is -2.32. The van der Waals surface area contributed by atoms with Crippen LogP contribution in [0, 0.1) is 5.82 Å². The molecule has 1 aliphatic rings. The quantitative estimate of drug-likeness (QED) is 0.888. The Morgan fingerprint density at radius 3 is 2.86 bits per heavy atom. The Labute approximate surface area is 133 Å². The van der Waals surface area contributed by atoms with Crippen molar-refractivity contribution in [3.05, 3.63) is 52.7 Å². The molecule has 1 fully saturated rings. The van der Waals surface area contributed by atoms with Gasteiger partial charge in [0.15, 0.2) is 0 Å². The maximum absolute atomic E-state index is 13.5. The van der Waals surface area contributed by atoms with Crippen LogP contribution in [0.2, 0.25) is 5.02 Å². The van der Waals surface area contributed by atoms with Gasteiger partial charge in [-0.1, -0.05) is 11.6 Å². The molecule has 0 aliphatic carbocycles. The standard InChI is InChI=1S/C16H18ClFN2O2/c17-15-4-1-12(7-16(15)18)20-6-5-11(9-20)19-8-13-2-3-14(10-21)22-13/h1-4,7,11,19,21H,5-6,8-10H2. The summed E-state index contributed by atoms with van der Waals surface area (Å²) in [6.07, 6.45) is 0.984. The smallest absolute Gasteiger partial charge is 0.143 e. The molecule has 1 aromatic carbocycles. The van der Waals surface area contributed by atoms with E-state index >= 15 is 0 Å². The summed E-state index contributed by atoms with van der Waals surface area (Å²) in [5.41, 5.74) is 0.853. The van der Waals surface area contributed by atoms with Gasteiger partial charge in [-0.2, -0.15) is 0 Å². The Hall–Kier alpha value is -1.56. The van der Waals surface area contributed by atoms with Gasteiger partial charge < -0.3 is 19.7 Å². The highest BCUT2D eigenvalue weighted by Gasteiger charge is 2.23. The molecule has 1 atom stereocenters. The number of hydrogen-bond acceptors (Lipinski definition) is 4. The van der Waals surface area contributed by atoms with E-state index in [-0.39, 0.29) is 17.4 Å². The van der Waals surface area contributed by atoms with Crippen LogP contribution in [0.15, 0.2) is 34.7 Å². The van der Waals surface area contributed by atoms with Crippen molar-refractivity contribution in [1.29, 1.82) is 0 Å². The fraction of sp³-hybridized carbons (Fsp3) is 0.375. The minimum Gasteiger partial charge on any atom is -0.462 e. The summed E-state index contributed by atoms with van der Waals surface area (Å²) >= 11 is 5.71. The van der Waals surface area contributed by atoms with Crippen LogP contribution in [0.5, 0.6) is 0 Å². The van der Waals surface area contributed by atoms with Crippen molar-refractivity contribution >= 4 is 17.3 Å². The fourth-order valence-electron chi connectivity index (χ4n) is 2.69. The summed E-state index contributed by atoms with van der Waals surface area (Å²) in [7, 11) is 0. The monoisotopic (exact) mass is 324 g/mol. The zero-order chi connectivity index (χ0) is 15.5. The molecule has 2 heterocycles. The molecule has 2 aromatic rings. The molecule has 0 radical (unpaired) electrons. The van der Waals surface area contributed by atoms with E-state index < -0.39 is 0 Å². The van der Waals surface area contributed by atoms with E-state index in [1.807, 2.05) is 12.1 Å². The van der Waals surface area contributed by atoms with Crippen LogP contribution in [-0.2, 0) is 13.2 Å². The summed E-state index contributed by atoms with van der Waals surface area (Å²) in [4.78, 5) is 2.14. The van der Waals surface area contributed by atoms with Crippen LogP contribution >= 0.6 is 11.6 Å². The van der Waals surface area contributed by atoms with Gasteiger partial charge in [0.1, 0.15) is 23.9 Å². The molecule has 1 unspecified atom stereocenters. The molecule has 4 nitrogen and oxygen atoms in total. The second-order valence-corrected chi connectivity index (χ2v) is 5.84. The van der Waals surface area contributed by atoms with E-state index in [2.05, 4.69) is 10.2 Å². The first kappa shape index (κ1) is 15.3. The SMILES string of the molecule is OCc1ccc(CNC2CCN(c3ccc(Cl)c(F)c3)C2)o1. The van der Waals surface area contributed by atoms with Gasteiger partial charge in [0, 0.05) is 24.8 Å². The first-order valence-electron chi connectivity index (χ1n) is 7.27. The molecule has 0 bridgehead atoms. The molecular formula is C16H18ClFN2O2. The molecule has 6 heteroatoms. The Balaban J connectivity index is 1.54. The third kappa shape index (κ3) is 3.43. The van der Waals surface area contributed by atoms with Gasteiger partial charge in [-0.15, -0.1) is 0 Å². The molecule has 118 valence electrons. The van der Waals surface area contributed by atoms with Crippen LogP contribution < -0.4 is 10.2 Å². The van der Waals surface area contributed by atoms with Gasteiger partial charge >= 0.3 is 0 Å². The number of halogens is 2. The van der Waals surface area contributed by atoms with E-state index in [1.54, 1.807) is 12.1 Å². The van der Waals surface area contributed by atoms with Gasteiger partial charge in [-0.3, -0.25) is 0 Å². The Bertz CT molecular complexity index is 647. The first-order valence-corrected chi connectivity index (χ1v) is 7.65. The van der Waals surface area contributed by atoms with Crippen LogP contribution in [0.3, 0.4) is 0 Å². The van der Waals surface area contributed by atoms with Crippen LogP contribution in [0.1, 0.15) is 17.9 Å². The molecule has 22 heavy (non-hydrogen) atoms. The van der Waals surface area contributed by atoms with Crippen molar-refractivity contribution in [2.75, 3.05) is 18.0 Å². The van der Waals surface area contributed by atoms with E-state index in [4.69, 9.17) is 21.1 Å². The summed E-state index contributed by atoms with van der Waals surface area (Å²) < 4.78 is 19.0. The zero-order valence-corrected chi connectivity index (χ0v) is 12.8. The summed E-state index contributed by atoms with van der Waals surface area (Å²) in [5, 5.41) is 12.5. The Morgan fingerprint density at radius 1 is 1.32 bits per heavy atom. The van der Waals surface area contributed by atoms with E-state index in [1.165, 1.54) is 6.07 Å². The van der Waals surface area contributed by atoms with Crippen molar-refractivity contribution in [3.63, 3.8) is 0 Å². The topological polar surface area (TPSA) is 48.6 Å². The third-order valence-corrected chi connectivity index (χ3v) is 4.20. The van der Waals surface area contributed by atoms with E-state index in [9.17, 15) is 4.39 Å². The molecule has 1 aromatic heterocycles. The van der Waals surface area contributed by atoms with E-state index in [0.29, 0.717) is 18.3 Å². The second kappa shape index (κ2) is 6.69. The van der Waals surface area contributed by atoms with Crippen LogP contribution in [0.4, 0.5) is 10.1 Å². The molecule has 1 saturated heterocycles. The Morgan fingerprint density at radius 2 is 2.14 bits per heavy atom. The summed E-state index contributed by atoms with van der Waals surface area (Å²) in [5.74, 6) is 0.990.